The first-order chi connectivity index (χ1) is 16.6. The van der Waals surface area contributed by atoms with Crippen LogP contribution in [0, 0.1) is 11.3 Å². The lowest BCUT2D eigenvalue weighted by atomic mass is 10.0. The van der Waals surface area contributed by atoms with Crippen molar-refractivity contribution in [2.24, 2.45) is 4.40 Å². The van der Waals surface area contributed by atoms with Crippen LogP contribution in [0.25, 0.3) is 5.69 Å². The van der Waals surface area contributed by atoms with E-state index in [-0.39, 0.29) is 11.6 Å². The molecule has 4 rings (SSSR count). The lowest BCUT2D eigenvalue weighted by Crippen LogP contribution is -2.38. The molecule has 0 atom stereocenters. The second kappa shape index (κ2) is 9.23. The molecule has 0 fully saturated rings. The molecule has 0 aliphatic carbocycles. The Bertz CT molecular complexity index is 1450. The summed E-state index contributed by atoms with van der Waals surface area (Å²) in [6.45, 7) is 0.381. The second-order valence-corrected chi connectivity index (χ2v) is 9.84. The summed E-state index contributed by atoms with van der Waals surface area (Å²) in [6, 6.07) is 16.1. The monoisotopic (exact) mass is 492 g/mol. The van der Waals surface area contributed by atoms with E-state index in [4.69, 9.17) is 4.74 Å². The molecule has 0 saturated carbocycles. The van der Waals surface area contributed by atoms with Crippen molar-refractivity contribution in [1.29, 1.82) is 5.26 Å². The Hall–Kier alpha value is -4.17. The molecule has 2 aromatic carbocycles. The number of carbonyl (C=O) groups is 1. The van der Waals surface area contributed by atoms with Gasteiger partial charge in [0.05, 0.1) is 19.1 Å². The lowest BCUT2D eigenvalue weighted by Gasteiger charge is -2.28. The molecule has 3 aromatic rings. The van der Waals surface area contributed by atoms with Crippen LogP contribution in [-0.4, -0.2) is 68.8 Å². The number of fused-ring (bicyclic) bond motifs is 1. The number of aromatic nitrogens is 2. The van der Waals surface area contributed by atoms with Gasteiger partial charge in [0.25, 0.3) is 15.9 Å². The third-order valence-electron chi connectivity index (χ3n) is 5.55. The number of nitriles is 1. The van der Waals surface area contributed by atoms with E-state index in [1.807, 2.05) is 0 Å². The molecule has 1 aromatic heterocycles. The Morgan fingerprint density at radius 2 is 1.74 bits per heavy atom. The largest absolute Gasteiger partial charge is 0.497 e. The summed E-state index contributed by atoms with van der Waals surface area (Å²) in [6.07, 6.45) is 1.51. The van der Waals surface area contributed by atoms with E-state index in [1.165, 1.54) is 4.68 Å². The number of amidine groups is 1. The fraction of sp³-hybridized carbons (Fsp3) is 0.250. The first-order valence-corrected chi connectivity index (χ1v) is 12.5. The van der Waals surface area contributed by atoms with Crippen molar-refractivity contribution < 1.29 is 17.9 Å². The number of sulfonamides is 1. The van der Waals surface area contributed by atoms with Gasteiger partial charge < -0.3 is 14.5 Å². The average molecular weight is 493 g/mol. The molecule has 0 spiro atoms. The minimum absolute atomic E-state index is 0.228. The first-order valence-electron chi connectivity index (χ1n) is 10.7. The number of amides is 1. The van der Waals surface area contributed by atoms with Crippen LogP contribution in [0.1, 0.15) is 27.3 Å². The molecular formula is C24H24N6O4S. The number of nitrogens with zero attached hydrogens (tertiary/aromatic N) is 6. The normalized spacial score (nSPS) is 13.9. The van der Waals surface area contributed by atoms with Crippen molar-refractivity contribution in [3.05, 3.63) is 71.0 Å². The topological polar surface area (TPSA) is 121 Å². The summed E-state index contributed by atoms with van der Waals surface area (Å²) in [5, 5.41) is 14.0. The van der Waals surface area contributed by atoms with Crippen LogP contribution >= 0.6 is 0 Å². The number of hydrogen-bond donors (Lipinski definition) is 0. The van der Waals surface area contributed by atoms with Crippen molar-refractivity contribution in [3.63, 3.8) is 0 Å². The highest BCUT2D eigenvalue weighted by atomic mass is 32.2. The number of benzene rings is 2. The Morgan fingerprint density at radius 1 is 1.11 bits per heavy atom. The third-order valence-corrected chi connectivity index (χ3v) is 6.06. The molecule has 10 nitrogen and oxygen atoms in total. The first kappa shape index (κ1) is 24.0. The maximum atomic E-state index is 13.6. The number of methoxy groups -OCH3 is 1. The van der Waals surface area contributed by atoms with E-state index >= 15 is 0 Å². The maximum absolute atomic E-state index is 13.6. The molecule has 2 heterocycles. The summed E-state index contributed by atoms with van der Waals surface area (Å²) in [4.78, 5) is 16.8. The van der Waals surface area contributed by atoms with E-state index in [2.05, 4.69) is 15.6 Å². The fourth-order valence-electron chi connectivity index (χ4n) is 3.95. The maximum Gasteiger partial charge on any atom is 0.277 e. The summed E-state index contributed by atoms with van der Waals surface area (Å²) < 4.78 is 33.9. The van der Waals surface area contributed by atoms with Gasteiger partial charge in [-0.25, -0.2) is 13.1 Å². The van der Waals surface area contributed by atoms with Crippen LogP contribution in [0.4, 0.5) is 5.69 Å². The van der Waals surface area contributed by atoms with E-state index in [1.54, 1.807) is 79.5 Å². The molecule has 0 radical (unpaired) electrons. The van der Waals surface area contributed by atoms with Gasteiger partial charge in [0.2, 0.25) is 0 Å². The quantitative estimate of drug-likeness (QED) is 0.395. The smallest absolute Gasteiger partial charge is 0.277 e. The highest BCUT2D eigenvalue weighted by molar-refractivity contribution is 7.89. The molecule has 35 heavy (non-hydrogen) atoms. The predicted molar refractivity (Wildman–Crippen MR) is 132 cm³/mol. The SMILES string of the molecule is COc1ccc(-n2nc(C#N)c3c2C(=O)N(c2ccc(/C(=N\S(C)(=O)=O)N(C)C)cc2)CC3)cc1. The van der Waals surface area contributed by atoms with Crippen LogP contribution in [0.15, 0.2) is 52.9 Å². The van der Waals surface area contributed by atoms with E-state index in [0.717, 1.165) is 6.26 Å². The number of rotatable bonds is 5. The molecule has 1 aliphatic heterocycles. The Balaban J connectivity index is 1.71. The van der Waals surface area contributed by atoms with Gasteiger partial charge in [0, 0.05) is 37.5 Å². The van der Waals surface area contributed by atoms with Crippen LogP contribution < -0.4 is 9.64 Å². The minimum Gasteiger partial charge on any atom is -0.497 e. The molecule has 11 heteroatoms. The highest BCUT2D eigenvalue weighted by Crippen LogP contribution is 2.29. The molecule has 0 unspecified atom stereocenters. The number of anilines is 1. The highest BCUT2D eigenvalue weighted by Gasteiger charge is 2.33. The number of hydrogen-bond acceptors (Lipinski definition) is 6. The molecule has 180 valence electrons. The zero-order chi connectivity index (χ0) is 25.3. The molecule has 0 N–H and O–H groups in total. The second-order valence-electron chi connectivity index (χ2n) is 8.19. The molecule has 0 saturated heterocycles. The summed E-state index contributed by atoms with van der Waals surface area (Å²) in [5.41, 5.74) is 3.08. The number of ether oxygens (including phenoxy) is 1. The zero-order valence-corrected chi connectivity index (χ0v) is 20.6. The van der Waals surface area contributed by atoms with Gasteiger partial charge in [0.1, 0.15) is 23.3 Å². The summed E-state index contributed by atoms with van der Waals surface area (Å²) in [7, 11) is 1.40. The van der Waals surface area contributed by atoms with Crippen LogP contribution in [0.2, 0.25) is 0 Å². The summed E-state index contributed by atoms with van der Waals surface area (Å²) >= 11 is 0. The van der Waals surface area contributed by atoms with Crippen molar-refractivity contribution >= 4 is 27.5 Å². The van der Waals surface area contributed by atoms with Crippen molar-refractivity contribution in [2.75, 3.05) is 38.9 Å². The van der Waals surface area contributed by atoms with Gasteiger partial charge in [-0.05, 0) is 55.0 Å². The van der Waals surface area contributed by atoms with Gasteiger partial charge in [-0.2, -0.15) is 10.4 Å². The van der Waals surface area contributed by atoms with Crippen LogP contribution in [0.3, 0.4) is 0 Å². The standard InChI is InChI=1S/C24H24N6O4S/c1-28(2)23(27-35(4,32)33)16-5-7-17(8-6-16)29-14-13-20-21(15-25)26-30(22(20)24(29)31)18-9-11-19(34-3)12-10-18/h5-12H,13-14H2,1-4H3/b27-23+. The fourth-order valence-corrected chi connectivity index (χ4v) is 4.53. The van der Waals surface area contributed by atoms with Gasteiger partial charge in [0.15, 0.2) is 5.69 Å². The van der Waals surface area contributed by atoms with Gasteiger partial charge >= 0.3 is 0 Å². The Labute approximate surface area is 203 Å². The molecule has 1 aliphatic rings. The molecule has 0 bridgehead atoms. The lowest BCUT2D eigenvalue weighted by molar-refractivity contribution is 0.0973. The Morgan fingerprint density at radius 3 is 2.29 bits per heavy atom. The van der Waals surface area contributed by atoms with Crippen LogP contribution in [-0.2, 0) is 16.4 Å². The van der Waals surface area contributed by atoms with E-state index in [0.29, 0.717) is 52.7 Å². The van der Waals surface area contributed by atoms with Crippen molar-refractivity contribution in [2.45, 2.75) is 6.42 Å². The van der Waals surface area contributed by atoms with E-state index < -0.39 is 10.0 Å². The van der Waals surface area contributed by atoms with E-state index in [9.17, 15) is 18.5 Å². The molecular weight excluding hydrogens is 468 g/mol. The zero-order valence-electron chi connectivity index (χ0n) is 19.8. The number of carbonyl (C=O) groups excluding carboxylic acids is 1. The van der Waals surface area contributed by atoms with Gasteiger partial charge in [-0.3, -0.25) is 4.79 Å². The van der Waals surface area contributed by atoms with Crippen molar-refractivity contribution in [1.82, 2.24) is 14.7 Å². The molecule has 1 amide bonds. The van der Waals surface area contributed by atoms with Crippen molar-refractivity contribution in [3.8, 4) is 17.5 Å². The third kappa shape index (κ3) is 4.74. The minimum atomic E-state index is -3.59. The van der Waals surface area contributed by atoms with Gasteiger partial charge in [-0.15, -0.1) is 4.40 Å². The van der Waals surface area contributed by atoms with Crippen LogP contribution in [0.5, 0.6) is 5.75 Å². The summed E-state index contributed by atoms with van der Waals surface area (Å²) in [5.74, 6) is 0.684. The predicted octanol–water partition coefficient (Wildman–Crippen LogP) is 2.22. The Kier molecular flexibility index (Phi) is 6.32. The van der Waals surface area contributed by atoms with Gasteiger partial charge in [-0.1, -0.05) is 0 Å². The average Bonchev–Trinajstić information content (AvgIpc) is 3.22.